The number of benzene rings is 2. The van der Waals surface area contributed by atoms with E-state index in [1.54, 1.807) is 18.8 Å². The smallest absolute Gasteiger partial charge is 0.265 e. The van der Waals surface area contributed by atoms with Gasteiger partial charge in [-0.2, -0.15) is 0 Å². The molecule has 10 nitrogen and oxygen atoms in total. The number of nitrogens with one attached hydrogen (secondary N) is 4. The first-order valence-corrected chi connectivity index (χ1v) is 12.9. The number of methoxy groups -OCH3 is 1. The van der Waals surface area contributed by atoms with Crippen LogP contribution in [0.15, 0.2) is 54.7 Å². The van der Waals surface area contributed by atoms with Gasteiger partial charge in [0, 0.05) is 34.6 Å². The highest BCUT2D eigenvalue weighted by atomic mass is 16.5. The van der Waals surface area contributed by atoms with Crippen LogP contribution in [0.3, 0.4) is 0 Å². The minimum absolute atomic E-state index is 0.0669. The highest BCUT2D eigenvalue weighted by Gasteiger charge is 2.22. The van der Waals surface area contributed by atoms with Crippen molar-refractivity contribution in [1.82, 2.24) is 20.8 Å². The number of aromatic amines is 1. The van der Waals surface area contributed by atoms with Crippen LogP contribution in [0.2, 0.25) is 0 Å². The SMILES string of the molecule is COc1ccc2[nH]c(C)c(CC(=O)N[C@@H](CCCCCC(=O)Nc3cccc4cccnc34)C(=O)NO)c2c1. The predicted octanol–water partition coefficient (Wildman–Crippen LogP) is 4.16. The largest absolute Gasteiger partial charge is 0.497 e. The van der Waals surface area contributed by atoms with E-state index in [1.165, 1.54) is 0 Å². The Hall–Kier alpha value is -4.44. The molecule has 4 aromatic rings. The van der Waals surface area contributed by atoms with E-state index in [0.29, 0.717) is 43.5 Å². The van der Waals surface area contributed by atoms with Crippen molar-refractivity contribution >= 4 is 45.2 Å². The monoisotopic (exact) mass is 531 g/mol. The molecule has 0 saturated carbocycles. The molecule has 0 aliphatic rings. The summed E-state index contributed by atoms with van der Waals surface area (Å²) >= 11 is 0. The van der Waals surface area contributed by atoms with Crippen LogP contribution in [0.4, 0.5) is 5.69 Å². The van der Waals surface area contributed by atoms with Crippen molar-refractivity contribution in [2.24, 2.45) is 0 Å². The van der Waals surface area contributed by atoms with Crippen molar-refractivity contribution in [2.45, 2.75) is 51.5 Å². The Morgan fingerprint density at radius 2 is 1.87 bits per heavy atom. The number of carbonyl (C=O) groups excluding carboxylic acids is 3. The molecular weight excluding hydrogens is 498 g/mol. The topological polar surface area (TPSA) is 145 Å². The second-order valence-electron chi connectivity index (χ2n) is 9.44. The summed E-state index contributed by atoms with van der Waals surface area (Å²) in [4.78, 5) is 45.2. The van der Waals surface area contributed by atoms with Gasteiger partial charge in [-0.05, 0) is 55.7 Å². The van der Waals surface area contributed by atoms with Crippen LogP contribution in [0.1, 0.15) is 43.4 Å². The summed E-state index contributed by atoms with van der Waals surface area (Å²) in [5.74, 6) is -0.444. The lowest BCUT2D eigenvalue weighted by Gasteiger charge is -2.17. The first kappa shape index (κ1) is 27.6. The maximum atomic E-state index is 12.9. The number of amides is 3. The average molecular weight is 532 g/mol. The summed E-state index contributed by atoms with van der Waals surface area (Å²) in [5, 5.41) is 16.7. The van der Waals surface area contributed by atoms with Crippen molar-refractivity contribution in [3.05, 3.63) is 66.0 Å². The molecule has 0 aliphatic heterocycles. The number of unbranched alkanes of at least 4 members (excludes halogenated alkanes) is 2. The van der Waals surface area contributed by atoms with Gasteiger partial charge in [0.2, 0.25) is 11.8 Å². The van der Waals surface area contributed by atoms with Gasteiger partial charge in [-0.15, -0.1) is 0 Å². The molecule has 2 aromatic heterocycles. The van der Waals surface area contributed by atoms with Crippen LogP contribution >= 0.6 is 0 Å². The summed E-state index contributed by atoms with van der Waals surface area (Å²) in [6.07, 6.45) is 4.27. The van der Waals surface area contributed by atoms with Gasteiger partial charge < -0.3 is 20.4 Å². The molecule has 0 spiro atoms. The van der Waals surface area contributed by atoms with E-state index < -0.39 is 11.9 Å². The van der Waals surface area contributed by atoms with Gasteiger partial charge in [-0.1, -0.05) is 31.0 Å². The van der Waals surface area contributed by atoms with Gasteiger partial charge in [0.15, 0.2) is 0 Å². The molecule has 1 atom stereocenters. The molecule has 0 radical (unpaired) electrons. The Bertz CT molecular complexity index is 1480. The van der Waals surface area contributed by atoms with E-state index >= 15 is 0 Å². The van der Waals surface area contributed by atoms with Crippen molar-refractivity contribution in [3.8, 4) is 5.75 Å². The molecule has 4 rings (SSSR count). The number of hydrogen-bond donors (Lipinski definition) is 5. The Morgan fingerprint density at radius 3 is 2.67 bits per heavy atom. The van der Waals surface area contributed by atoms with Crippen LogP contribution in [0.5, 0.6) is 5.75 Å². The number of carbonyl (C=O) groups is 3. The number of rotatable bonds is 12. The average Bonchev–Trinajstić information content (AvgIpc) is 3.25. The van der Waals surface area contributed by atoms with Gasteiger partial charge in [-0.3, -0.25) is 24.6 Å². The van der Waals surface area contributed by atoms with Crippen LogP contribution < -0.4 is 20.9 Å². The van der Waals surface area contributed by atoms with E-state index in [0.717, 1.165) is 33.1 Å². The Morgan fingerprint density at radius 1 is 1.05 bits per heavy atom. The standard InChI is InChI=1S/C29H33N5O5/c1-18-21(22-16-20(39-2)13-14-23(22)31-18)17-27(36)33-25(29(37)34-38)10-4-3-5-12-26(35)32-24-11-6-8-19-9-7-15-30-28(19)24/h6-9,11,13-16,25,31,38H,3-5,10,12,17H2,1-2H3,(H,32,35)(H,33,36)(H,34,37)/t25-/m0/s1. The van der Waals surface area contributed by atoms with Gasteiger partial charge in [-0.25, -0.2) is 5.48 Å². The van der Waals surface area contributed by atoms with E-state index in [-0.39, 0.29) is 18.2 Å². The number of pyridine rings is 1. The second-order valence-corrected chi connectivity index (χ2v) is 9.44. The zero-order valence-electron chi connectivity index (χ0n) is 22.0. The van der Waals surface area contributed by atoms with E-state index in [1.807, 2.05) is 55.5 Å². The lowest BCUT2D eigenvalue weighted by molar-refractivity contribution is -0.134. The van der Waals surface area contributed by atoms with Gasteiger partial charge in [0.25, 0.3) is 5.91 Å². The number of nitrogens with zero attached hydrogens (tertiary/aromatic N) is 1. The predicted molar refractivity (Wildman–Crippen MR) is 149 cm³/mol. The number of para-hydroxylation sites is 1. The fraction of sp³-hybridized carbons (Fsp3) is 0.310. The van der Waals surface area contributed by atoms with Crippen molar-refractivity contribution < 1.29 is 24.3 Å². The molecule has 0 fully saturated rings. The van der Waals surface area contributed by atoms with Crippen molar-refractivity contribution in [2.75, 3.05) is 12.4 Å². The minimum Gasteiger partial charge on any atom is -0.497 e. The molecule has 3 amide bonds. The van der Waals surface area contributed by atoms with Crippen molar-refractivity contribution in [3.63, 3.8) is 0 Å². The van der Waals surface area contributed by atoms with E-state index in [9.17, 15) is 19.6 Å². The molecule has 0 unspecified atom stereocenters. The van der Waals surface area contributed by atoms with E-state index in [4.69, 9.17) is 4.74 Å². The number of hydroxylamine groups is 1. The van der Waals surface area contributed by atoms with Crippen LogP contribution in [-0.2, 0) is 20.8 Å². The lowest BCUT2D eigenvalue weighted by Crippen LogP contribution is -2.46. The number of anilines is 1. The zero-order chi connectivity index (χ0) is 27.8. The molecule has 39 heavy (non-hydrogen) atoms. The fourth-order valence-corrected chi connectivity index (χ4v) is 4.70. The maximum Gasteiger partial charge on any atom is 0.265 e. The third kappa shape index (κ3) is 6.91. The maximum absolute atomic E-state index is 12.9. The molecule has 0 aliphatic carbocycles. The molecule has 5 N–H and O–H groups in total. The molecular formula is C29H33N5O5. The highest BCUT2D eigenvalue weighted by Crippen LogP contribution is 2.27. The summed E-state index contributed by atoms with van der Waals surface area (Å²) in [7, 11) is 1.58. The lowest BCUT2D eigenvalue weighted by atomic mass is 10.0. The summed E-state index contributed by atoms with van der Waals surface area (Å²) in [6, 6.07) is 14.1. The molecule has 2 heterocycles. The molecule has 0 bridgehead atoms. The number of ether oxygens (including phenoxy) is 1. The first-order valence-electron chi connectivity index (χ1n) is 12.9. The van der Waals surface area contributed by atoms with E-state index in [2.05, 4.69) is 20.6 Å². The molecule has 2 aromatic carbocycles. The molecule has 0 saturated heterocycles. The van der Waals surface area contributed by atoms with Crippen molar-refractivity contribution in [1.29, 1.82) is 0 Å². The fourth-order valence-electron chi connectivity index (χ4n) is 4.70. The van der Waals surface area contributed by atoms with Gasteiger partial charge >= 0.3 is 0 Å². The number of hydrogen-bond acceptors (Lipinski definition) is 6. The zero-order valence-corrected chi connectivity index (χ0v) is 22.0. The molecule has 204 valence electrons. The Balaban J connectivity index is 1.26. The third-order valence-corrected chi connectivity index (χ3v) is 6.73. The molecule has 10 heteroatoms. The number of fused-ring (bicyclic) bond motifs is 2. The second kappa shape index (κ2) is 12.9. The highest BCUT2D eigenvalue weighted by molar-refractivity contribution is 6.00. The van der Waals surface area contributed by atoms with Crippen LogP contribution in [0.25, 0.3) is 21.8 Å². The minimum atomic E-state index is -0.891. The number of aryl methyl sites for hydroxylation is 1. The Labute approximate surface area is 226 Å². The number of H-pyrrole nitrogens is 1. The Kier molecular flexibility index (Phi) is 9.11. The quantitative estimate of drug-likeness (QED) is 0.105. The normalized spacial score (nSPS) is 11.8. The van der Waals surface area contributed by atoms with Crippen LogP contribution in [0, 0.1) is 6.92 Å². The summed E-state index contributed by atoms with van der Waals surface area (Å²) < 4.78 is 5.30. The van der Waals surface area contributed by atoms with Crippen LogP contribution in [-0.4, -0.2) is 46.0 Å². The number of aromatic nitrogens is 2. The van der Waals surface area contributed by atoms with Gasteiger partial charge in [0.05, 0.1) is 24.7 Å². The first-order chi connectivity index (χ1) is 18.9. The summed E-state index contributed by atoms with van der Waals surface area (Å²) in [5.41, 5.74) is 5.61. The summed E-state index contributed by atoms with van der Waals surface area (Å²) in [6.45, 7) is 1.89. The van der Waals surface area contributed by atoms with Gasteiger partial charge in [0.1, 0.15) is 11.8 Å². The third-order valence-electron chi connectivity index (χ3n) is 6.73.